The van der Waals surface area contributed by atoms with Gasteiger partial charge in [-0.2, -0.15) is 0 Å². The molecule has 1 saturated heterocycles. The molecule has 3 rings (SSSR count). The molecule has 7 heteroatoms. The van der Waals surface area contributed by atoms with E-state index in [9.17, 15) is 14.4 Å². The fraction of sp³-hybridized carbons (Fsp3) is 0.458. The van der Waals surface area contributed by atoms with E-state index in [-0.39, 0.29) is 12.5 Å². The number of epoxide rings is 1. The molecule has 0 aliphatic carbocycles. The largest absolute Gasteiger partial charge is 0.464 e. The average Bonchev–Trinajstić information content (AvgIpc) is 3.54. The Balaban J connectivity index is 1.68. The second-order valence-corrected chi connectivity index (χ2v) is 8.15. The zero-order valence-corrected chi connectivity index (χ0v) is 18.2. The second kappa shape index (κ2) is 10.4. The van der Waals surface area contributed by atoms with Gasteiger partial charge in [0.15, 0.2) is 12.2 Å². The molecule has 2 amide bonds. The first-order valence-electron chi connectivity index (χ1n) is 10.8. The Bertz CT molecular complexity index is 942. The molecule has 1 aliphatic rings. The summed E-state index contributed by atoms with van der Waals surface area (Å²) in [5, 5.41) is 7.84. The van der Waals surface area contributed by atoms with Crippen molar-refractivity contribution in [2.75, 3.05) is 13.2 Å². The molecular weight excluding hydrogens is 396 g/mol. The summed E-state index contributed by atoms with van der Waals surface area (Å²) in [5.41, 5.74) is 0.932. The number of carbonyl (C=O) groups excluding carboxylic acids is 3. The third-order valence-corrected chi connectivity index (χ3v) is 5.18. The molecule has 0 radical (unpaired) electrons. The molecule has 2 N–H and O–H groups in total. The zero-order chi connectivity index (χ0) is 22.4. The smallest absolute Gasteiger partial charge is 0.338 e. The predicted molar refractivity (Wildman–Crippen MR) is 117 cm³/mol. The molecule has 1 heterocycles. The Morgan fingerprint density at radius 3 is 2.52 bits per heavy atom. The van der Waals surface area contributed by atoms with Gasteiger partial charge in [-0.1, -0.05) is 56.3 Å². The molecule has 166 valence electrons. The van der Waals surface area contributed by atoms with E-state index in [1.807, 2.05) is 42.5 Å². The molecule has 1 fully saturated rings. The molecule has 2 aromatic carbocycles. The highest BCUT2D eigenvalue weighted by Crippen LogP contribution is 2.24. The van der Waals surface area contributed by atoms with Gasteiger partial charge in [0, 0.05) is 13.0 Å². The molecule has 7 nitrogen and oxygen atoms in total. The molecular formula is C24H30N2O5. The van der Waals surface area contributed by atoms with Gasteiger partial charge in [-0.05, 0) is 35.6 Å². The molecule has 1 aliphatic heterocycles. The minimum Gasteiger partial charge on any atom is -0.464 e. The summed E-state index contributed by atoms with van der Waals surface area (Å²) in [7, 11) is 0. The monoisotopic (exact) mass is 426 g/mol. The van der Waals surface area contributed by atoms with Gasteiger partial charge in [-0.25, -0.2) is 4.79 Å². The first-order valence-corrected chi connectivity index (χ1v) is 10.8. The van der Waals surface area contributed by atoms with E-state index in [0.717, 1.165) is 22.8 Å². The SMILES string of the molecule is CCOC(=O)[C@H]1O[C@@H]1C(=O)N[C@@H](Cc1ccc2ccccc2c1)C(=O)NCCC(C)C. The Morgan fingerprint density at radius 1 is 1.06 bits per heavy atom. The maximum absolute atomic E-state index is 12.8. The lowest BCUT2D eigenvalue weighted by atomic mass is 10.0. The lowest BCUT2D eigenvalue weighted by Gasteiger charge is -2.19. The third kappa shape index (κ3) is 6.28. The highest BCUT2D eigenvalue weighted by Gasteiger charge is 2.52. The molecule has 0 unspecified atom stereocenters. The van der Waals surface area contributed by atoms with Crippen molar-refractivity contribution in [3.05, 3.63) is 48.0 Å². The van der Waals surface area contributed by atoms with Crippen LogP contribution in [0.2, 0.25) is 0 Å². The van der Waals surface area contributed by atoms with Crippen molar-refractivity contribution >= 4 is 28.6 Å². The summed E-state index contributed by atoms with van der Waals surface area (Å²) in [5.74, 6) is -0.840. The van der Waals surface area contributed by atoms with Crippen molar-refractivity contribution in [1.29, 1.82) is 0 Å². The van der Waals surface area contributed by atoms with Crippen LogP contribution in [0.1, 0.15) is 32.8 Å². The lowest BCUT2D eigenvalue weighted by molar-refractivity contribution is -0.144. The van der Waals surface area contributed by atoms with Gasteiger partial charge < -0.3 is 20.1 Å². The highest BCUT2D eigenvalue weighted by atomic mass is 16.6. The molecule has 0 bridgehead atoms. The second-order valence-electron chi connectivity index (χ2n) is 8.15. The number of ether oxygens (including phenoxy) is 2. The van der Waals surface area contributed by atoms with Crippen LogP contribution in [0.25, 0.3) is 10.8 Å². The molecule has 0 spiro atoms. The number of nitrogens with one attached hydrogen (secondary N) is 2. The van der Waals surface area contributed by atoms with Gasteiger partial charge in [0.25, 0.3) is 5.91 Å². The topological polar surface area (TPSA) is 97.0 Å². The van der Waals surface area contributed by atoms with E-state index >= 15 is 0 Å². The van der Waals surface area contributed by atoms with Crippen LogP contribution >= 0.6 is 0 Å². The first kappa shape index (κ1) is 22.7. The number of hydrogen-bond acceptors (Lipinski definition) is 5. The summed E-state index contributed by atoms with van der Waals surface area (Å²) in [6.07, 6.45) is -0.633. The molecule has 3 atom stereocenters. The van der Waals surface area contributed by atoms with Gasteiger partial charge in [0.1, 0.15) is 6.04 Å². The first-order chi connectivity index (χ1) is 14.9. The summed E-state index contributed by atoms with van der Waals surface area (Å²) in [4.78, 5) is 37.2. The van der Waals surface area contributed by atoms with Crippen molar-refractivity contribution in [3.63, 3.8) is 0 Å². The maximum Gasteiger partial charge on any atom is 0.338 e. The summed E-state index contributed by atoms with van der Waals surface area (Å²) in [6, 6.07) is 13.2. The van der Waals surface area contributed by atoms with Crippen LogP contribution < -0.4 is 10.6 Å². The Labute approximate surface area is 182 Å². The van der Waals surface area contributed by atoms with E-state index < -0.39 is 30.1 Å². The van der Waals surface area contributed by atoms with Crippen molar-refractivity contribution in [1.82, 2.24) is 10.6 Å². The number of hydrogen-bond donors (Lipinski definition) is 2. The lowest BCUT2D eigenvalue weighted by Crippen LogP contribution is -2.50. The van der Waals surface area contributed by atoms with Crippen LogP contribution in [0.4, 0.5) is 0 Å². The number of amides is 2. The minimum absolute atomic E-state index is 0.218. The Hall–Kier alpha value is -2.93. The summed E-state index contributed by atoms with van der Waals surface area (Å²) < 4.78 is 10.1. The zero-order valence-electron chi connectivity index (χ0n) is 18.2. The fourth-order valence-corrected chi connectivity index (χ4v) is 3.39. The molecule has 31 heavy (non-hydrogen) atoms. The van der Waals surface area contributed by atoms with E-state index in [2.05, 4.69) is 24.5 Å². The van der Waals surface area contributed by atoms with Crippen molar-refractivity contribution in [2.24, 2.45) is 5.92 Å². The predicted octanol–water partition coefficient (Wildman–Crippen LogP) is 2.36. The van der Waals surface area contributed by atoms with Crippen LogP contribution in [-0.4, -0.2) is 49.2 Å². The number of rotatable bonds is 10. The average molecular weight is 427 g/mol. The van der Waals surface area contributed by atoms with Crippen molar-refractivity contribution in [2.45, 2.75) is 51.9 Å². The van der Waals surface area contributed by atoms with E-state index in [4.69, 9.17) is 9.47 Å². The summed E-state index contributed by atoms with van der Waals surface area (Å²) in [6.45, 7) is 6.61. The van der Waals surface area contributed by atoms with Gasteiger partial charge in [-0.3, -0.25) is 9.59 Å². The van der Waals surface area contributed by atoms with Crippen LogP contribution in [0.3, 0.4) is 0 Å². The van der Waals surface area contributed by atoms with E-state index in [1.54, 1.807) is 6.92 Å². The van der Waals surface area contributed by atoms with Crippen LogP contribution in [0, 0.1) is 5.92 Å². The van der Waals surface area contributed by atoms with Crippen LogP contribution in [0.15, 0.2) is 42.5 Å². The standard InChI is InChI=1S/C24H30N2O5/c1-4-30-24(29)21-20(31-21)23(28)26-19(22(27)25-12-11-15(2)3)14-16-9-10-17-7-5-6-8-18(17)13-16/h5-10,13,15,19-21H,4,11-12,14H2,1-3H3,(H,25,27)(H,26,28)/t19-,20-,21-/m0/s1. The van der Waals surface area contributed by atoms with Crippen LogP contribution in [-0.2, 0) is 30.3 Å². The Morgan fingerprint density at radius 2 is 1.81 bits per heavy atom. The maximum atomic E-state index is 12.8. The van der Waals surface area contributed by atoms with E-state index in [1.165, 1.54) is 0 Å². The van der Waals surface area contributed by atoms with Gasteiger partial charge >= 0.3 is 5.97 Å². The number of fused-ring (bicyclic) bond motifs is 1. The van der Waals surface area contributed by atoms with Crippen LogP contribution in [0.5, 0.6) is 0 Å². The molecule has 2 aromatic rings. The Kier molecular flexibility index (Phi) is 7.63. The highest BCUT2D eigenvalue weighted by molar-refractivity contribution is 5.95. The quantitative estimate of drug-likeness (QED) is 0.449. The minimum atomic E-state index is -0.915. The van der Waals surface area contributed by atoms with Gasteiger partial charge in [0.2, 0.25) is 5.91 Å². The van der Waals surface area contributed by atoms with Crippen molar-refractivity contribution in [3.8, 4) is 0 Å². The fourth-order valence-electron chi connectivity index (χ4n) is 3.39. The third-order valence-electron chi connectivity index (χ3n) is 5.18. The van der Waals surface area contributed by atoms with E-state index in [0.29, 0.717) is 18.9 Å². The number of esters is 1. The van der Waals surface area contributed by atoms with Gasteiger partial charge in [-0.15, -0.1) is 0 Å². The molecule has 0 aromatic heterocycles. The number of carbonyl (C=O) groups is 3. The number of benzene rings is 2. The van der Waals surface area contributed by atoms with Crippen molar-refractivity contribution < 1.29 is 23.9 Å². The molecule has 0 saturated carbocycles. The summed E-state index contributed by atoms with van der Waals surface area (Å²) >= 11 is 0. The van der Waals surface area contributed by atoms with Gasteiger partial charge in [0.05, 0.1) is 6.61 Å². The normalized spacial score (nSPS) is 18.5.